The molecule has 0 amide bonds. The van der Waals surface area contributed by atoms with E-state index in [1.165, 1.54) is 29.7 Å². The lowest BCUT2D eigenvalue weighted by Crippen LogP contribution is -2.39. The molecular weight excluding hydrogens is 553 g/mol. The Morgan fingerprint density at radius 3 is 2.42 bits per heavy atom. The standard InChI is InChI=1S/C31H33F3N2O2S2/c1-19(2)22-11-7-8-12-23(22)25(18-36-40(38)29(3,4)5)27-16-20-10-9-13-24(28(20)39-27)26-17-21(14-15-35-26)30(6,37)31(32,33)34/h7-17,25,36-37H,1,18H2,2-6H3/t25?,30-,40+/m1/s1. The smallest absolute Gasteiger partial charge is 0.376 e. The van der Waals surface area contributed by atoms with E-state index >= 15 is 0 Å². The molecule has 0 bridgehead atoms. The number of rotatable bonds is 8. The van der Waals surface area contributed by atoms with Crippen molar-refractivity contribution in [2.75, 3.05) is 6.54 Å². The van der Waals surface area contributed by atoms with Crippen LogP contribution in [0.2, 0.25) is 0 Å². The van der Waals surface area contributed by atoms with Crippen molar-refractivity contribution in [3.63, 3.8) is 0 Å². The quantitative estimate of drug-likeness (QED) is 0.220. The number of pyridine rings is 1. The van der Waals surface area contributed by atoms with E-state index in [1.54, 1.807) is 0 Å². The van der Waals surface area contributed by atoms with Gasteiger partial charge in [-0.3, -0.25) is 4.98 Å². The number of halogens is 3. The third kappa shape index (κ3) is 6.07. The van der Waals surface area contributed by atoms with E-state index in [-0.39, 0.29) is 11.5 Å². The molecule has 2 aromatic heterocycles. The van der Waals surface area contributed by atoms with E-state index in [0.717, 1.165) is 38.6 Å². The Morgan fingerprint density at radius 1 is 1.07 bits per heavy atom. The van der Waals surface area contributed by atoms with Gasteiger partial charge in [0.15, 0.2) is 5.60 Å². The van der Waals surface area contributed by atoms with Crippen LogP contribution in [0.4, 0.5) is 13.2 Å². The van der Waals surface area contributed by atoms with Crippen LogP contribution in [0.15, 0.2) is 73.4 Å². The highest BCUT2D eigenvalue weighted by Gasteiger charge is 2.51. The fourth-order valence-electron chi connectivity index (χ4n) is 4.43. The first-order valence-corrected chi connectivity index (χ1v) is 14.8. The summed E-state index contributed by atoms with van der Waals surface area (Å²) in [5, 5.41) is 11.2. The SMILES string of the molecule is C=C(C)c1ccccc1C(CN[S@@](=O)C(C)(C)C)c1cc2cccc(-c3cc([C@@](C)(O)C(F)(F)F)ccn3)c2s1. The van der Waals surface area contributed by atoms with Crippen molar-refractivity contribution in [3.8, 4) is 11.3 Å². The predicted molar refractivity (Wildman–Crippen MR) is 160 cm³/mol. The minimum atomic E-state index is -4.84. The number of hydrogen-bond donors (Lipinski definition) is 2. The fraction of sp³-hybridized carbons (Fsp3) is 0.323. The minimum absolute atomic E-state index is 0.158. The molecule has 1 unspecified atom stereocenters. The lowest BCUT2D eigenvalue weighted by molar-refractivity contribution is -0.258. The normalized spacial score (nSPS) is 15.5. The zero-order valence-corrected chi connectivity index (χ0v) is 24.7. The highest BCUT2D eigenvalue weighted by Crippen LogP contribution is 2.43. The predicted octanol–water partition coefficient (Wildman–Crippen LogP) is 7.95. The van der Waals surface area contributed by atoms with Crippen molar-refractivity contribution >= 4 is 38.0 Å². The third-order valence-corrected chi connectivity index (χ3v) is 9.67. The zero-order valence-electron chi connectivity index (χ0n) is 23.1. The van der Waals surface area contributed by atoms with Crippen LogP contribution in [0.5, 0.6) is 0 Å². The topological polar surface area (TPSA) is 62.2 Å². The number of benzene rings is 2. The van der Waals surface area contributed by atoms with Gasteiger partial charge in [0.05, 0.1) is 21.4 Å². The molecule has 4 nitrogen and oxygen atoms in total. The van der Waals surface area contributed by atoms with Crippen LogP contribution in [0, 0.1) is 0 Å². The van der Waals surface area contributed by atoms with Gasteiger partial charge >= 0.3 is 6.18 Å². The van der Waals surface area contributed by atoms with Crippen LogP contribution in [0.25, 0.3) is 26.9 Å². The van der Waals surface area contributed by atoms with E-state index in [1.807, 2.05) is 70.2 Å². The second-order valence-electron chi connectivity index (χ2n) is 11.0. The average Bonchev–Trinajstić information content (AvgIpc) is 3.32. The number of thiophene rings is 1. The number of hydrogen-bond acceptors (Lipinski definition) is 4. The molecule has 3 atom stereocenters. The van der Waals surface area contributed by atoms with Gasteiger partial charge in [-0.05, 0) is 74.9 Å². The second-order valence-corrected chi connectivity index (χ2v) is 14.2. The van der Waals surface area contributed by atoms with Crippen molar-refractivity contribution in [3.05, 3.63) is 95.0 Å². The first-order chi connectivity index (χ1) is 18.6. The summed E-state index contributed by atoms with van der Waals surface area (Å²) in [4.78, 5) is 5.36. The van der Waals surface area contributed by atoms with E-state index in [4.69, 9.17) is 0 Å². The van der Waals surface area contributed by atoms with Gasteiger partial charge in [-0.15, -0.1) is 11.3 Å². The zero-order chi connectivity index (χ0) is 29.5. The molecule has 0 saturated heterocycles. The number of nitrogens with zero attached hydrogens (tertiary/aromatic N) is 1. The maximum atomic E-state index is 13.5. The highest BCUT2D eigenvalue weighted by atomic mass is 32.2. The van der Waals surface area contributed by atoms with Crippen LogP contribution >= 0.6 is 11.3 Å². The maximum absolute atomic E-state index is 13.5. The van der Waals surface area contributed by atoms with Gasteiger partial charge in [-0.25, -0.2) is 8.93 Å². The van der Waals surface area contributed by atoms with E-state index < -0.39 is 27.5 Å². The summed E-state index contributed by atoms with van der Waals surface area (Å²) in [5.74, 6) is -0.158. The summed E-state index contributed by atoms with van der Waals surface area (Å²) < 4.78 is 57.2. The van der Waals surface area contributed by atoms with Crippen LogP contribution in [-0.4, -0.2) is 31.8 Å². The van der Waals surface area contributed by atoms with Crippen molar-refractivity contribution in [1.82, 2.24) is 9.71 Å². The van der Waals surface area contributed by atoms with Gasteiger partial charge < -0.3 is 5.11 Å². The van der Waals surface area contributed by atoms with Gasteiger partial charge in [0, 0.05) is 33.8 Å². The third-order valence-electron chi connectivity index (χ3n) is 6.83. The van der Waals surface area contributed by atoms with Crippen molar-refractivity contribution in [2.24, 2.45) is 0 Å². The molecule has 0 saturated carbocycles. The summed E-state index contributed by atoms with van der Waals surface area (Å²) in [5.41, 5.74) is 0.696. The summed E-state index contributed by atoms with van der Waals surface area (Å²) in [6.45, 7) is 13.0. The molecule has 4 rings (SSSR count). The average molecular weight is 587 g/mol. The molecule has 40 heavy (non-hydrogen) atoms. The molecule has 9 heteroatoms. The highest BCUT2D eigenvalue weighted by molar-refractivity contribution is 7.84. The lowest BCUT2D eigenvalue weighted by Gasteiger charge is -2.26. The molecule has 0 fully saturated rings. The van der Waals surface area contributed by atoms with Gasteiger partial charge in [-0.1, -0.05) is 54.6 Å². The molecule has 0 aliphatic carbocycles. The molecule has 212 valence electrons. The Morgan fingerprint density at radius 2 is 1.77 bits per heavy atom. The molecule has 0 radical (unpaired) electrons. The van der Waals surface area contributed by atoms with Crippen LogP contribution in [0.1, 0.15) is 62.1 Å². The Labute approximate surface area is 239 Å². The van der Waals surface area contributed by atoms with Crippen LogP contribution < -0.4 is 4.72 Å². The minimum Gasteiger partial charge on any atom is -0.376 e. The van der Waals surface area contributed by atoms with E-state index in [2.05, 4.69) is 22.4 Å². The van der Waals surface area contributed by atoms with Gasteiger partial charge in [0.25, 0.3) is 0 Å². The number of aliphatic hydroxyl groups is 1. The number of nitrogens with one attached hydrogen (secondary N) is 1. The van der Waals surface area contributed by atoms with Gasteiger partial charge in [-0.2, -0.15) is 13.2 Å². The molecule has 2 heterocycles. The molecule has 2 N–H and O–H groups in total. The summed E-state index contributed by atoms with van der Waals surface area (Å²) >= 11 is 1.53. The summed E-state index contributed by atoms with van der Waals surface area (Å²) in [6, 6.07) is 18.2. The second kappa shape index (κ2) is 11.2. The number of aromatic nitrogens is 1. The monoisotopic (exact) mass is 586 g/mol. The summed E-state index contributed by atoms with van der Waals surface area (Å²) in [7, 11) is -1.29. The lowest BCUT2D eigenvalue weighted by atomic mass is 9.90. The number of fused-ring (bicyclic) bond motifs is 1. The molecule has 2 aromatic carbocycles. The summed E-state index contributed by atoms with van der Waals surface area (Å²) in [6.07, 6.45) is -3.55. The molecular formula is C31H33F3N2O2S2. The van der Waals surface area contributed by atoms with Crippen LogP contribution in [0.3, 0.4) is 0 Å². The Kier molecular flexibility index (Phi) is 8.43. The number of allylic oxidation sites excluding steroid dienone is 1. The maximum Gasteiger partial charge on any atom is 0.421 e. The van der Waals surface area contributed by atoms with E-state index in [0.29, 0.717) is 17.8 Å². The van der Waals surface area contributed by atoms with Gasteiger partial charge in [0.2, 0.25) is 0 Å². The Hall–Kier alpha value is -2.85. The Bertz CT molecular complexity index is 1570. The van der Waals surface area contributed by atoms with Crippen molar-refractivity contribution in [1.29, 1.82) is 0 Å². The molecule has 0 spiro atoms. The molecule has 0 aliphatic rings. The van der Waals surface area contributed by atoms with Crippen molar-refractivity contribution in [2.45, 2.75) is 57.1 Å². The first kappa shape index (κ1) is 30.1. The first-order valence-electron chi connectivity index (χ1n) is 12.8. The molecule has 4 aromatic rings. The Balaban J connectivity index is 1.84. The van der Waals surface area contributed by atoms with Crippen LogP contribution in [-0.2, 0) is 16.6 Å². The van der Waals surface area contributed by atoms with Crippen molar-refractivity contribution < 1.29 is 22.5 Å². The largest absolute Gasteiger partial charge is 0.421 e. The number of alkyl halides is 3. The molecule has 0 aliphatic heterocycles. The van der Waals surface area contributed by atoms with Gasteiger partial charge in [0.1, 0.15) is 0 Å². The van der Waals surface area contributed by atoms with E-state index in [9.17, 15) is 22.5 Å². The fourth-order valence-corrected chi connectivity index (χ4v) is 6.48.